The second kappa shape index (κ2) is 8.81. The van der Waals surface area contributed by atoms with E-state index in [4.69, 9.17) is 4.74 Å². The molecule has 1 aliphatic heterocycles. The molecule has 160 valence electrons. The molecule has 31 heavy (non-hydrogen) atoms. The van der Waals surface area contributed by atoms with Crippen LogP contribution in [0.2, 0.25) is 0 Å². The van der Waals surface area contributed by atoms with Gasteiger partial charge in [0.05, 0.1) is 12.0 Å². The fourth-order valence-electron chi connectivity index (χ4n) is 3.77. The topological polar surface area (TPSA) is 75.7 Å². The van der Waals surface area contributed by atoms with Crippen molar-refractivity contribution in [3.05, 3.63) is 90.0 Å². The Morgan fingerprint density at radius 2 is 1.65 bits per heavy atom. The zero-order valence-corrected chi connectivity index (χ0v) is 18.0. The van der Waals surface area contributed by atoms with Gasteiger partial charge in [-0.15, -0.1) is 0 Å². The zero-order chi connectivity index (χ0) is 21.8. The summed E-state index contributed by atoms with van der Waals surface area (Å²) in [5.74, 6) is 1.01. The molecule has 1 amide bonds. The summed E-state index contributed by atoms with van der Waals surface area (Å²) in [4.78, 5) is 14.9. The Labute approximate surface area is 182 Å². The normalized spacial score (nSPS) is 16.2. The first kappa shape index (κ1) is 20.9. The number of benzene rings is 3. The molecule has 0 radical (unpaired) electrons. The van der Waals surface area contributed by atoms with E-state index < -0.39 is 10.0 Å². The summed E-state index contributed by atoms with van der Waals surface area (Å²) in [6.07, 6.45) is 0.894. The van der Waals surface area contributed by atoms with Crippen molar-refractivity contribution < 1.29 is 17.9 Å². The first-order valence-corrected chi connectivity index (χ1v) is 11.6. The van der Waals surface area contributed by atoms with Crippen molar-refractivity contribution in [1.82, 2.24) is 4.90 Å². The Bertz CT molecular complexity index is 1140. The SMILES string of the molecule is COc1ccc(C2CCN(C(=O)c3ccc(S(=O)(=O)Nc4ccccc4)cc3)C2)cc1. The number of likely N-dealkylation sites (tertiary alicyclic amines) is 1. The maximum absolute atomic E-state index is 12.9. The number of hydrogen-bond acceptors (Lipinski definition) is 4. The van der Waals surface area contributed by atoms with Crippen LogP contribution in [0, 0.1) is 0 Å². The molecule has 3 aromatic rings. The molecule has 1 aliphatic rings. The summed E-state index contributed by atoms with van der Waals surface area (Å²) in [7, 11) is -2.07. The fourth-order valence-corrected chi connectivity index (χ4v) is 4.83. The molecule has 6 nitrogen and oxygen atoms in total. The summed E-state index contributed by atoms with van der Waals surface area (Å²) in [5, 5.41) is 0. The number of nitrogens with one attached hydrogen (secondary N) is 1. The average molecular weight is 437 g/mol. The molecule has 1 heterocycles. The van der Waals surface area contributed by atoms with E-state index in [9.17, 15) is 13.2 Å². The highest BCUT2D eigenvalue weighted by Crippen LogP contribution is 2.29. The van der Waals surface area contributed by atoms with Crippen molar-refractivity contribution >= 4 is 21.6 Å². The van der Waals surface area contributed by atoms with Crippen molar-refractivity contribution in [2.24, 2.45) is 0 Å². The minimum absolute atomic E-state index is 0.0871. The third-order valence-electron chi connectivity index (χ3n) is 5.50. The fraction of sp³-hybridized carbons (Fsp3) is 0.208. The lowest BCUT2D eigenvalue weighted by Gasteiger charge is -2.17. The van der Waals surface area contributed by atoms with Gasteiger partial charge in [-0.05, 0) is 60.5 Å². The van der Waals surface area contributed by atoms with Crippen molar-refractivity contribution in [2.75, 3.05) is 24.9 Å². The van der Waals surface area contributed by atoms with Crippen LogP contribution in [-0.2, 0) is 10.0 Å². The number of sulfonamides is 1. The van der Waals surface area contributed by atoms with Gasteiger partial charge in [-0.2, -0.15) is 0 Å². The molecule has 1 atom stereocenters. The average Bonchev–Trinajstić information content (AvgIpc) is 3.29. The monoisotopic (exact) mass is 436 g/mol. The number of ether oxygens (including phenoxy) is 1. The molecule has 3 aromatic carbocycles. The Morgan fingerprint density at radius 3 is 2.29 bits per heavy atom. The summed E-state index contributed by atoms with van der Waals surface area (Å²) >= 11 is 0. The van der Waals surface area contributed by atoms with Crippen LogP contribution in [0.1, 0.15) is 28.3 Å². The molecule has 0 aliphatic carbocycles. The summed E-state index contributed by atoms with van der Waals surface area (Å²) in [6, 6.07) is 22.7. The summed E-state index contributed by atoms with van der Waals surface area (Å²) in [6.45, 7) is 1.31. The highest BCUT2D eigenvalue weighted by molar-refractivity contribution is 7.92. The van der Waals surface area contributed by atoms with Gasteiger partial charge in [0.15, 0.2) is 0 Å². The van der Waals surface area contributed by atoms with E-state index in [-0.39, 0.29) is 16.7 Å². The van der Waals surface area contributed by atoms with Gasteiger partial charge in [-0.1, -0.05) is 30.3 Å². The molecule has 7 heteroatoms. The van der Waals surface area contributed by atoms with Crippen LogP contribution in [0.3, 0.4) is 0 Å². The number of rotatable bonds is 6. The minimum atomic E-state index is -3.71. The van der Waals surface area contributed by atoms with Crippen LogP contribution in [0.25, 0.3) is 0 Å². The Kier molecular flexibility index (Phi) is 5.95. The van der Waals surface area contributed by atoms with E-state index in [1.165, 1.54) is 17.7 Å². The number of methoxy groups -OCH3 is 1. The molecular weight excluding hydrogens is 412 g/mol. The minimum Gasteiger partial charge on any atom is -0.497 e. The molecule has 0 spiro atoms. The second-order valence-electron chi connectivity index (χ2n) is 7.51. The van der Waals surface area contributed by atoms with Crippen molar-refractivity contribution in [2.45, 2.75) is 17.2 Å². The third kappa shape index (κ3) is 4.72. The number of nitrogens with zero attached hydrogens (tertiary/aromatic N) is 1. The smallest absolute Gasteiger partial charge is 0.261 e. The highest BCUT2D eigenvalue weighted by atomic mass is 32.2. The van der Waals surface area contributed by atoms with E-state index in [2.05, 4.69) is 4.72 Å². The van der Waals surface area contributed by atoms with Gasteiger partial charge in [0.2, 0.25) is 0 Å². The predicted octanol–water partition coefficient (Wildman–Crippen LogP) is 4.13. The maximum atomic E-state index is 12.9. The van der Waals surface area contributed by atoms with Gasteiger partial charge in [0.1, 0.15) is 5.75 Å². The molecule has 1 fully saturated rings. The van der Waals surface area contributed by atoms with Gasteiger partial charge in [0, 0.05) is 30.3 Å². The number of carbonyl (C=O) groups excluding carboxylic acids is 1. The molecule has 1 N–H and O–H groups in total. The lowest BCUT2D eigenvalue weighted by Crippen LogP contribution is -2.28. The molecule has 1 saturated heterocycles. The number of anilines is 1. The first-order valence-electron chi connectivity index (χ1n) is 10.1. The summed E-state index contributed by atoms with van der Waals surface area (Å²) in [5.41, 5.74) is 2.16. The van der Waals surface area contributed by atoms with Crippen LogP contribution >= 0.6 is 0 Å². The van der Waals surface area contributed by atoms with Gasteiger partial charge in [-0.25, -0.2) is 8.42 Å². The van der Waals surface area contributed by atoms with Crippen LogP contribution in [0.15, 0.2) is 83.8 Å². The van der Waals surface area contributed by atoms with Gasteiger partial charge < -0.3 is 9.64 Å². The van der Waals surface area contributed by atoms with Crippen LogP contribution in [0.4, 0.5) is 5.69 Å². The third-order valence-corrected chi connectivity index (χ3v) is 6.90. The first-order chi connectivity index (χ1) is 15.0. The number of para-hydroxylation sites is 1. The van der Waals surface area contributed by atoms with E-state index in [1.807, 2.05) is 35.2 Å². The van der Waals surface area contributed by atoms with E-state index in [0.29, 0.717) is 24.3 Å². The molecule has 0 aromatic heterocycles. The van der Waals surface area contributed by atoms with Crippen molar-refractivity contribution in [3.63, 3.8) is 0 Å². The number of hydrogen-bond donors (Lipinski definition) is 1. The lowest BCUT2D eigenvalue weighted by atomic mass is 9.98. The standard InChI is InChI=1S/C24H24N2O4S/c1-30-22-11-7-18(8-12-22)20-15-16-26(17-20)24(27)19-9-13-23(14-10-19)31(28,29)25-21-5-3-2-4-6-21/h2-14,20,25H,15-17H2,1H3. The van der Waals surface area contributed by atoms with Crippen molar-refractivity contribution in [1.29, 1.82) is 0 Å². The Hall–Kier alpha value is -3.32. The predicted molar refractivity (Wildman–Crippen MR) is 120 cm³/mol. The zero-order valence-electron chi connectivity index (χ0n) is 17.2. The van der Waals surface area contributed by atoms with Crippen molar-refractivity contribution in [3.8, 4) is 5.75 Å². The van der Waals surface area contributed by atoms with Gasteiger partial charge in [0.25, 0.3) is 15.9 Å². The van der Waals surface area contributed by atoms with Gasteiger partial charge >= 0.3 is 0 Å². The Morgan fingerprint density at radius 1 is 0.968 bits per heavy atom. The van der Waals surface area contributed by atoms with Crippen LogP contribution in [0.5, 0.6) is 5.75 Å². The highest BCUT2D eigenvalue weighted by Gasteiger charge is 2.28. The molecule has 1 unspecified atom stereocenters. The van der Waals surface area contributed by atoms with E-state index in [0.717, 1.165) is 12.2 Å². The largest absolute Gasteiger partial charge is 0.497 e. The quantitative estimate of drug-likeness (QED) is 0.631. The number of amides is 1. The molecular formula is C24H24N2O4S. The molecule has 0 saturated carbocycles. The maximum Gasteiger partial charge on any atom is 0.261 e. The molecule has 4 rings (SSSR count). The van der Waals surface area contributed by atoms with Crippen LogP contribution in [-0.4, -0.2) is 39.4 Å². The summed E-state index contributed by atoms with van der Waals surface area (Å²) < 4.78 is 32.9. The second-order valence-corrected chi connectivity index (χ2v) is 9.19. The molecule has 0 bridgehead atoms. The van der Waals surface area contributed by atoms with Gasteiger partial charge in [-0.3, -0.25) is 9.52 Å². The van der Waals surface area contributed by atoms with E-state index in [1.54, 1.807) is 43.5 Å². The van der Waals surface area contributed by atoms with Crippen LogP contribution < -0.4 is 9.46 Å². The lowest BCUT2D eigenvalue weighted by molar-refractivity contribution is 0.0790. The number of carbonyl (C=O) groups is 1. The van der Waals surface area contributed by atoms with E-state index >= 15 is 0 Å². The Balaban J connectivity index is 1.42.